The zero-order chi connectivity index (χ0) is 12.1. The molecule has 88 valence electrons. The highest BCUT2D eigenvalue weighted by atomic mass is 16.5. The molecule has 0 fully saturated rings. The minimum atomic E-state index is 0.853. The van der Waals surface area contributed by atoms with Gasteiger partial charge in [0, 0.05) is 6.42 Å². The zero-order valence-corrected chi connectivity index (χ0v) is 10.4. The molecular formula is C16H18O. The quantitative estimate of drug-likeness (QED) is 0.669. The molecule has 0 bridgehead atoms. The maximum atomic E-state index is 5.90. The third-order valence-corrected chi connectivity index (χ3v) is 2.75. The van der Waals surface area contributed by atoms with Crippen LogP contribution in [0.4, 0.5) is 0 Å². The van der Waals surface area contributed by atoms with Crippen molar-refractivity contribution in [3.63, 3.8) is 0 Å². The molecule has 1 heteroatoms. The first-order valence-electron chi connectivity index (χ1n) is 6.01. The van der Waals surface area contributed by atoms with Crippen LogP contribution < -0.4 is 0 Å². The van der Waals surface area contributed by atoms with E-state index >= 15 is 0 Å². The Bertz CT molecular complexity index is 468. The molecule has 2 aliphatic rings. The lowest BCUT2D eigenvalue weighted by molar-refractivity contribution is 0.312. The van der Waals surface area contributed by atoms with Crippen LogP contribution in [0.5, 0.6) is 0 Å². The minimum absolute atomic E-state index is 0.853. The average molecular weight is 226 g/mol. The van der Waals surface area contributed by atoms with Crippen molar-refractivity contribution in [3.8, 4) is 0 Å². The summed E-state index contributed by atoms with van der Waals surface area (Å²) in [5.74, 6) is 1.93. The van der Waals surface area contributed by atoms with Gasteiger partial charge in [-0.25, -0.2) is 0 Å². The number of ether oxygens (including phenoxy) is 1. The Labute approximate surface area is 103 Å². The standard InChI is InChI=1S/C16H18O/c1-13-5-3-7-15(11-9-13)17-16-8-4-6-14(2)10-12-16/h3,5-6,8-12H,4,7H2,1-2H3. The highest BCUT2D eigenvalue weighted by Gasteiger charge is 2.02. The molecule has 1 nitrogen and oxygen atoms in total. The monoisotopic (exact) mass is 226 g/mol. The molecule has 0 aromatic rings. The fraction of sp³-hybridized carbons (Fsp3) is 0.250. The van der Waals surface area contributed by atoms with Crippen LogP contribution >= 0.6 is 0 Å². The summed E-state index contributed by atoms with van der Waals surface area (Å²) in [6.07, 6.45) is 18.6. The summed E-state index contributed by atoms with van der Waals surface area (Å²) < 4.78 is 5.90. The van der Waals surface area contributed by atoms with Gasteiger partial charge in [-0.2, -0.15) is 0 Å². The Kier molecular flexibility index (Phi) is 3.81. The summed E-state index contributed by atoms with van der Waals surface area (Å²) >= 11 is 0. The van der Waals surface area contributed by atoms with Gasteiger partial charge >= 0.3 is 0 Å². The normalized spacial score (nSPS) is 19.6. The summed E-state index contributed by atoms with van der Waals surface area (Å²) in [6.45, 7) is 4.20. The topological polar surface area (TPSA) is 9.23 Å². The Balaban J connectivity index is 2.05. The van der Waals surface area contributed by atoms with Crippen molar-refractivity contribution in [2.24, 2.45) is 0 Å². The van der Waals surface area contributed by atoms with E-state index in [-0.39, 0.29) is 0 Å². The molecule has 0 heterocycles. The van der Waals surface area contributed by atoms with Gasteiger partial charge in [-0.05, 0) is 38.5 Å². The first-order chi connectivity index (χ1) is 8.24. The first-order valence-corrected chi connectivity index (χ1v) is 6.01. The molecule has 0 atom stereocenters. The molecule has 0 unspecified atom stereocenters. The molecule has 0 saturated heterocycles. The summed E-state index contributed by atoms with van der Waals surface area (Å²) in [5.41, 5.74) is 2.54. The van der Waals surface area contributed by atoms with Gasteiger partial charge in [0.2, 0.25) is 0 Å². The SMILES string of the molecule is CC1=CC=C(OC2=CCC=C(C)C=C2)CC=C1. The molecule has 17 heavy (non-hydrogen) atoms. The molecule has 0 aromatic heterocycles. The van der Waals surface area contributed by atoms with E-state index in [1.807, 2.05) is 6.08 Å². The smallest absolute Gasteiger partial charge is 0.123 e. The number of allylic oxidation sites excluding steroid dienone is 10. The molecule has 0 aromatic carbocycles. The van der Waals surface area contributed by atoms with Gasteiger partial charge < -0.3 is 4.74 Å². The van der Waals surface area contributed by atoms with E-state index in [2.05, 4.69) is 56.4 Å². The van der Waals surface area contributed by atoms with Crippen molar-refractivity contribution in [2.75, 3.05) is 0 Å². The third-order valence-electron chi connectivity index (χ3n) is 2.75. The highest BCUT2D eigenvalue weighted by Crippen LogP contribution is 2.19. The molecule has 0 spiro atoms. The van der Waals surface area contributed by atoms with Gasteiger partial charge in [0.1, 0.15) is 11.5 Å². The zero-order valence-electron chi connectivity index (χ0n) is 10.4. The maximum absolute atomic E-state index is 5.90. The molecule has 2 rings (SSSR count). The van der Waals surface area contributed by atoms with Crippen molar-refractivity contribution in [1.29, 1.82) is 0 Å². The van der Waals surface area contributed by atoms with Crippen LogP contribution in [0.2, 0.25) is 0 Å². The number of hydrogen-bond donors (Lipinski definition) is 0. The van der Waals surface area contributed by atoms with Crippen molar-refractivity contribution in [3.05, 3.63) is 71.3 Å². The molecule has 0 aliphatic heterocycles. The van der Waals surface area contributed by atoms with Crippen molar-refractivity contribution < 1.29 is 4.74 Å². The van der Waals surface area contributed by atoms with E-state index in [4.69, 9.17) is 4.74 Å². The van der Waals surface area contributed by atoms with Crippen molar-refractivity contribution in [1.82, 2.24) is 0 Å². The van der Waals surface area contributed by atoms with Crippen molar-refractivity contribution in [2.45, 2.75) is 26.7 Å². The van der Waals surface area contributed by atoms with Gasteiger partial charge in [0.05, 0.1) is 0 Å². The van der Waals surface area contributed by atoms with Crippen LogP contribution in [0.3, 0.4) is 0 Å². The van der Waals surface area contributed by atoms with Crippen LogP contribution in [-0.2, 0) is 4.74 Å². The minimum Gasteiger partial charge on any atom is -0.462 e. The summed E-state index contributed by atoms with van der Waals surface area (Å²) in [7, 11) is 0. The van der Waals surface area contributed by atoms with Crippen LogP contribution in [0.25, 0.3) is 0 Å². The third kappa shape index (κ3) is 3.63. The fourth-order valence-electron chi connectivity index (χ4n) is 1.72. The van der Waals surface area contributed by atoms with E-state index in [9.17, 15) is 0 Å². The van der Waals surface area contributed by atoms with Crippen LogP contribution in [0.1, 0.15) is 26.7 Å². The summed E-state index contributed by atoms with van der Waals surface area (Å²) in [6, 6.07) is 0. The van der Waals surface area contributed by atoms with Crippen LogP contribution in [-0.4, -0.2) is 0 Å². The highest BCUT2D eigenvalue weighted by molar-refractivity contribution is 5.31. The number of hydrogen-bond acceptors (Lipinski definition) is 1. The van der Waals surface area contributed by atoms with Crippen LogP contribution in [0, 0.1) is 0 Å². The Morgan fingerprint density at radius 3 is 2.71 bits per heavy atom. The molecule has 0 N–H and O–H groups in total. The maximum Gasteiger partial charge on any atom is 0.123 e. The summed E-state index contributed by atoms with van der Waals surface area (Å²) in [5, 5.41) is 0. The van der Waals surface area contributed by atoms with E-state index in [0.29, 0.717) is 0 Å². The predicted molar refractivity (Wildman–Crippen MR) is 72.3 cm³/mol. The second kappa shape index (κ2) is 5.53. The Morgan fingerprint density at radius 1 is 0.941 bits per heavy atom. The van der Waals surface area contributed by atoms with Gasteiger partial charge in [0.15, 0.2) is 0 Å². The van der Waals surface area contributed by atoms with Gasteiger partial charge in [-0.3, -0.25) is 0 Å². The Morgan fingerprint density at radius 2 is 1.82 bits per heavy atom. The van der Waals surface area contributed by atoms with E-state index in [0.717, 1.165) is 24.4 Å². The second-order valence-electron chi connectivity index (χ2n) is 4.38. The molecule has 0 saturated carbocycles. The lowest BCUT2D eigenvalue weighted by atomic mass is 10.2. The lowest BCUT2D eigenvalue weighted by Gasteiger charge is -2.07. The largest absolute Gasteiger partial charge is 0.462 e. The lowest BCUT2D eigenvalue weighted by Crippen LogP contribution is -1.90. The molecule has 0 radical (unpaired) electrons. The Hall–Kier alpha value is -1.76. The molecule has 0 amide bonds. The van der Waals surface area contributed by atoms with E-state index in [1.54, 1.807) is 0 Å². The van der Waals surface area contributed by atoms with Gasteiger partial charge in [0.25, 0.3) is 0 Å². The second-order valence-corrected chi connectivity index (χ2v) is 4.38. The molecule has 2 aliphatic carbocycles. The number of rotatable bonds is 2. The van der Waals surface area contributed by atoms with E-state index < -0.39 is 0 Å². The fourth-order valence-corrected chi connectivity index (χ4v) is 1.72. The van der Waals surface area contributed by atoms with Gasteiger partial charge in [-0.15, -0.1) is 0 Å². The van der Waals surface area contributed by atoms with Gasteiger partial charge in [-0.1, -0.05) is 41.5 Å². The predicted octanol–water partition coefficient (Wildman–Crippen LogP) is 4.58. The molecular weight excluding hydrogens is 208 g/mol. The van der Waals surface area contributed by atoms with E-state index in [1.165, 1.54) is 11.1 Å². The summed E-state index contributed by atoms with van der Waals surface area (Å²) in [4.78, 5) is 0. The first kappa shape index (κ1) is 11.7. The average Bonchev–Trinajstić information content (AvgIpc) is 2.62. The van der Waals surface area contributed by atoms with Crippen LogP contribution in [0.15, 0.2) is 71.3 Å². The van der Waals surface area contributed by atoms with Crippen molar-refractivity contribution >= 4 is 0 Å².